The summed E-state index contributed by atoms with van der Waals surface area (Å²) in [5.41, 5.74) is 2.21. The van der Waals surface area contributed by atoms with Crippen molar-refractivity contribution in [2.24, 2.45) is 0 Å². The normalized spacial score (nSPS) is 10.9. The van der Waals surface area contributed by atoms with Gasteiger partial charge in [-0.3, -0.25) is 4.79 Å². The molecule has 0 bridgehead atoms. The molecule has 0 radical (unpaired) electrons. The number of aromatic amines is 1. The number of benzene rings is 2. The molecule has 22 heavy (non-hydrogen) atoms. The minimum atomic E-state index is -0.460. The van der Waals surface area contributed by atoms with E-state index < -0.39 is 5.82 Å². The lowest BCUT2D eigenvalue weighted by Crippen LogP contribution is -2.04. The molecule has 0 saturated heterocycles. The Bertz CT molecular complexity index is 899. The number of aryl methyl sites for hydroxylation is 1. The standard InChI is InChI=1S/C18H16FNO2/c1-3-22-17-9-11(2)8-13(18(17)19)15-10-16(21)12-6-4-5-7-14(12)20-15/h4-10H,3H2,1-2H3,(H,20,21). The van der Waals surface area contributed by atoms with Crippen LogP contribution in [0.25, 0.3) is 22.2 Å². The molecule has 4 heteroatoms. The predicted octanol–water partition coefficient (Wildman–Crippen LogP) is 4.04. The topological polar surface area (TPSA) is 42.1 Å². The van der Waals surface area contributed by atoms with Crippen molar-refractivity contribution in [3.8, 4) is 17.0 Å². The first-order valence-corrected chi connectivity index (χ1v) is 7.15. The second kappa shape index (κ2) is 5.64. The highest BCUT2D eigenvalue weighted by Crippen LogP contribution is 2.30. The Kier molecular flexibility index (Phi) is 3.67. The second-order valence-corrected chi connectivity index (χ2v) is 5.15. The Morgan fingerprint density at radius 2 is 1.95 bits per heavy atom. The molecule has 3 nitrogen and oxygen atoms in total. The highest BCUT2D eigenvalue weighted by atomic mass is 19.1. The van der Waals surface area contributed by atoms with Gasteiger partial charge in [0.05, 0.1) is 12.3 Å². The van der Waals surface area contributed by atoms with Crippen molar-refractivity contribution in [3.63, 3.8) is 0 Å². The third-order valence-electron chi connectivity index (χ3n) is 3.51. The number of fused-ring (bicyclic) bond motifs is 1. The average Bonchev–Trinajstić information content (AvgIpc) is 2.51. The third kappa shape index (κ3) is 2.48. The third-order valence-corrected chi connectivity index (χ3v) is 3.51. The molecule has 1 heterocycles. The van der Waals surface area contributed by atoms with Gasteiger partial charge in [-0.1, -0.05) is 12.1 Å². The number of halogens is 1. The van der Waals surface area contributed by atoms with Crippen molar-refractivity contribution in [1.29, 1.82) is 0 Å². The summed E-state index contributed by atoms with van der Waals surface area (Å²) in [6.07, 6.45) is 0. The van der Waals surface area contributed by atoms with Crippen molar-refractivity contribution in [2.45, 2.75) is 13.8 Å². The number of aromatic nitrogens is 1. The fourth-order valence-electron chi connectivity index (χ4n) is 2.53. The van der Waals surface area contributed by atoms with Gasteiger partial charge in [-0.25, -0.2) is 4.39 Å². The van der Waals surface area contributed by atoms with Crippen LogP contribution >= 0.6 is 0 Å². The van der Waals surface area contributed by atoms with Crippen molar-refractivity contribution in [3.05, 3.63) is 64.1 Å². The highest BCUT2D eigenvalue weighted by molar-refractivity contribution is 5.81. The van der Waals surface area contributed by atoms with E-state index in [9.17, 15) is 9.18 Å². The smallest absolute Gasteiger partial charge is 0.190 e. The lowest BCUT2D eigenvalue weighted by molar-refractivity contribution is 0.322. The van der Waals surface area contributed by atoms with Gasteiger partial charge in [0, 0.05) is 22.5 Å². The van der Waals surface area contributed by atoms with Gasteiger partial charge < -0.3 is 9.72 Å². The summed E-state index contributed by atoms with van der Waals surface area (Å²) in [4.78, 5) is 15.3. The molecule has 0 aliphatic heterocycles. The molecule has 2 aromatic carbocycles. The Hall–Kier alpha value is -2.62. The molecule has 0 saturated carbocycles. The summed E-state index contributed by atoms with van der Waals surface area (Å²) in [5.74, 6) is -0.259. The van der Waals surface area contributed by atoms with E-state index in [4.69, 9.17) is 4.74 Å². The van der Waals surface area contributed by atoms with Crippen LogP contribution in [0, 0.1) is 12.7 Å². The zero-order valence-electron chi connectivity index (χ0n) is 12.4. The Labute approximate surface area is 127 Å². The number of rotatable bonds is 3. The van der Waals surface area contributed by atoms with Crippen LogP contribution in [-0.2, 0) is 0 Å². The van der Waals surface area contributed by atoms with Gasteiger partial charge >= 0.3 is 0 Å². The lowest BCUT2D eigenvalue weighted by Gasteiger charge is -2.11. The van der Waals surface area contributed by atoms with Crippen LogP contribution in [0.2, 0.25) is 0 Å². The summed E-state index contributed by atoms with van der Waals surface area (Å²) in [5, 5.41) is 0.587. The number of nitrogens with one attached hydrogen (secondary N) is 1. The van der Waals surface area contributed by atoms with Crippen LogP contribution in [0.5, 0.6) is 5.75 Å². The zero-order chi connectivity index (χ0) is 15.7. The van der Waals surface area contributed by atoms with Crippen LogP contribution in [-0.4, -0.2) is 11.6 Å². The lowest BCUT2D eigenvalue weighted by atomic mass is 10.1. The van der Waals surface area contributed by atoms with E-state index in [0.717, 1.165) is 5.56 Å². The Balaban J connectivity index is 2.25. The van der Waals surface area contributed by atoms with Gasteiger partial charge in [0.25, 0.3) is 0 Å². The molecule has 0 fully saturated rings. The minimum Gasteiger partial charge on any atom is -0.491 e. The number of H-pyrrole nitrogens is 1. The molecular formula is C18H16FNO2. The molecule has 0 unspecified atom stereocenters. The summed E-state index contributed by atoms with van der Waals surface area (Å²) in [6, 6.07) is 12.0. The number of para-hydroxylation sites is 1. The summed E-state index contributed by atoms with van der Waals surface area (Å²) in [6.45, 7) is 4.05. The fourth-order valence-corrected chi connectivity index (χ4v) is 2.53. The van der Waals surface area contributed by atoms with Gasteiger partial charge in [-0.2, -0.15) is 0 Å². The number of hydrogen-bond donors (Lipinski definition) is 1. The van der Waals surface area contributed by atoms with E-state index in [1.54, 1.807) is 37.3 Å². The molecule has 112 valence electrons. The van der Waals surface area contributed by atoms with Crippen molar-refractivity contribution in [1.82, 2.24) is 4.98 Å². The van der Waals surface area contributed by atoms with Gasteiger partial charge in [-0.15, -0.1) is 0 Å². The zero-order valence-corrected chi connectivity index (χ0v) is 12.4. The SMILES string of the molecule is CCOc1cc(C)cc(-c2cc(=O)c3ccccc3[nH]2)c1F. The first-order chi connectivity index (χ1) is 10.6. The van der Waals surface area contributed by atoms with E-state index in [1.807, 2.05) is 13.0 Å². The van der Waals surface area contributed by atoms with E-state index >= 15 is 0 Å². The second-order valence-electron chi connectivity index (χ2n) is 5.15. The number of hydrogen-bond acceptors (Lipinski definition) is 2. The molecule has 3 aromatic rings. The molecule has 0 amide bonds. The van der Waals surface area contributed by atoms with E-state index in [-0.39, 0.29) is 11.2 Å². The summed E-state index contributed by atoms with van der Waals surface area (Å²) >= 11 is 0. The average molecular weight is 297 g/mol. The van der Waals surface area contributed by atoms with Crippen LogP contribution in [0.4, 0.5) is 4.39 Å². The van der Waals surface area contributed by atoms with E-state index in [2.05, 4.69) is 4.98 Å². The quantitative estimate of drug-likeness (QED) is 0.792. The monoisotopic (exact) mass is 297 g/mol. The van der Waals surface area contributed by atoms with Crippen molar-refractivity contribution >= 4 is 10.9 Å². The number of ether oxygens (including phenoxy) is 1. The molecule has 1 N–H and O–H groups in total. The van der Waals surface area contributed by atoms with Gasteiger partial charge in [0.15, 0.2) is 17.0 Å². The first-order valence-electron chi connectivity index (χ1n) is 7.15. The molecule has 0 aliphatic rings. The highest BCUT2D eigenvalue weighted by Gasteiger charge is 2.14. The van der Waals surface area contributed by atoms with E-state index in [1.165, 1.54) is 6.07 Å². The van der Waals surface area contributed by atoms with E-state index in [0.29, 0.717) is 28.8 Å². The van der Waals surface area contributed by atoms with Crippen molar-refractivity contribution < 1.29 is 9.13 Å². The summed E-state index contributed by atoms with van der Waals surface area (Å²) in [7, 11) is 0. The maximum atomic E-state index is 14.6. The molecule has 1 aromatic heterocycles. The largest absolute Gasteiger partial charge is 0.491 e. The molecular weight excluding hydrogens is 281 g/mol. The van der Waals surface area contributed by atoms with Gasteiger partial charge in [-0.05, 0) is 43.7 Å². The van der Waals surface area contributed by atoms with Crippen LogP contribution in [0.3, 0.4) is 0 Å². The number of pyridine rings is 1. The van der Waals surface area contributed by atoms with Crippen LogP contribution in [0.1, 0.15) is 12.5 Å². The van der Waals surface area contributed by atoms with Gasteiger partial charge in [0.2, 0.25) is 0 Å². The minimum absolute atomic E-state index is 0.136. The predicted molar refractivity (Wildman–Crippen MR) is 85.9 cm³/mol. The summed E-state index contributed by atoms with van der Waals surface area (Å²) < 4.78 is 19.9. The molecule has 3 rings (SSSR count). The molecule has 0 aliphatic carbocycles. The Morgan fingerprint density at radius 3 is 2.73 bits per heavy atom. The molecule has 0 spiro atoms. The maximum Gasteiger partial charge on any atom is 0.190 e. The Morgan fingerprint density at radius 1 is 1.18 bits per heavy atom. The van der Waals surface area contributed by atoms with Crippen LogP contribution in [0.15, 0.2) is 47.3 Å². The van der Waals surface area contributed by atoms with Crippen molar-refractivity contribution in [2.75, 3.05) is 6.61 Å². The van der Waals surface area contributed by atoms with Crippen LogP contribution < -0.4 is 10.2 Å². The molecule has 0 atom stereocenters. The van der Waals surface area contributed by atoms with Gasteiger partial charge in [0.1, 0.15) is 0 Å². The first kappa shape index (κ1) is 14.3. The maximum absolute atomic E-state index is 14.6. The fraction of sp³-hybridized carbons (Fsp3) is 0.167.